The summed E-state index contributed by atoms with van der Waals surface area (Å²) in [5.41, 5.74) is 6.74. The summed E-state index contributed by atoms with van der Waals surface area (Å²) in [5.74, 6) is -0.164. The Hall–Kier alpha value is -1.43. The number of hydrogen-bond donors (Lipinski definition) is 2. The van der Waals surface area contributed by atoms with Crippen LogP contribution >= 0.6 is 0 Å². The second-order valence-electron chi connectivity index (χ2n) is 4.89. The number of carbonyl (C=O) groups excluding carboxylic acids is 1. The molecule has 5 nitrogen and oxygen atoms in total. The molecule has 0 spiro atoms. The maximum Gasteiger partial charge on any atom is 0.241 e. The van der Waals surface area contributed by atoms with Gasteiger partial charge in [-0.3, -0.25) is 4.79 Å². The Morgan fingerprint density at radius 1 is 1.53 bits per heavy atom. The van der Waals surface area contributed by atoms with Gasteiger partial charge in [0.05, 0.1) is 12.7 Å². The third-order valence-electron chi connectivity index (χ3n) is 3.29. The molecular weight excluding hydrogens is 242 g/mol. The van der Waals surface area contributed by atoms with Gasteiger partial charge in [-0.1, -0.05) is 30.3 Å². The molecule has 1 unspecified atom stereocenters. The second-order valence-corrected chi connectivity index (χ2v) is 4.89. The van der Waals surface area contributed by atoms with Crippen molar-refractivity contribution in [1.82, 2.24) is 10.2 Å². The number of ether oxygens (including phenoxy) is 1. The van der Waals surface area contributed by atoms with Crippen LogP contribution in [0.4, 0.5) is 0 Å². The summed E-state index contributed by atoms with van der Waals surface area (Å²) in [6, 6.07) is 8.75. The van der Waals surface area contributed by atoms with Crippen molar-refractivity contribution in [2.75, 3.05) is 33.3 Å². The molecule has 2 atom stereocenters. The first kappa shape index (κ1) is 14.0. The maximum atomic E-state index is 12.0. The number of benzene rings is 1. The topological polar surface area (TPSA) is 67.6 Å². The minimum atomic E-state index is -0.623. The summed E-state index contributed by atoms with van der Waals surface area (Å²) in [7, 11) is 2.05. The Bertz CT molecular complexity index is 410. The molecule has 1 amide bonds. The van der Waals surface area contributed by atoms with E-state index in [0.29, 0.717) is 13.2 Å². The molecule has 0 aromatic heterocycles. The number of hydrogen-bond acceptors (Lipinski definition) is 4. The van der Waals surface area contributed by atoms with Gasteiger partial charge >= 0.3 is 0 Å². The van der Waals surface area contributed by atoms with Crippen molar-refractivity contribution in [3.05, 3.63) is 35.9 Å². The van der Waals surface area contributed by atoms with Gasteiger partial charge in [0, 0.05) is 19.6 Å². The van der Waals surface area contributed by atoms with Gasteiger partial charge in [0.25, 0.3) is 0 Å². The fraction of sp³-hybridized carbons (Fsp3) is 0.500. The molecule has 1 aromatic rings. The first-order chi connectivity index (χ1) is 9.16. The van der Waals surface area contributed by atoms with Crippen LogP contribution < -0.4 is 11.1 Å². The summed E-state index contributed by atoms with van der Waals surface area (Å²) in [6.07, 6.45) is 0.0469. The molecule has 0 bridgehead atoms. The number of amides is 1. The zero-order chi connectivity index (χ0) is 13.7. The summed E-state index contributed by atoms with van der Waals surface area (Å²) < 4.78 is 5.59. The van der Waals surface area contributed by atoms with Crippen LogP contribution in [-0.2, 0) is 9.53 Å². The monoisotopic (exact) mass is 263 g/mol. The Morgan fingerprint density at radius 3 is 2.95 bits per heavy atom. The minimum Gasteiger partial charge on any atom is -0.374 e. The smallest absolute Gasteiger partial charge is 0.241 e. The highest BCUT2D eigenvalue weighted by Crippen LogP contribution is 2.09. The molecular formula is C14H21N3O2. The zero-order valence-electron chi connectivity index (χ0n) is 11.2. The highest BCUT2D eigenvalue weighted by Gasteiger charge is 2.20. The normalized spacial score (nSPS) is 21.9. The third-order valence-corrected chi connectivity index (χ3v) is 3.29. The number of morpholine rings is 1. The maximum absolute atomic E-state index is 12.0. The lowest BCUT2D eigenvalue weighted by Gasteiger charge is -2.30. The Morgan fingerprint density at radius 2 is 2.26 bits per heavy atom. The van der Waals surface area contributed by atoms with Crippen molar-refractivity contribution in [2.45, 2.75) is 12.1 Å². The fourth-order valence-corrected chi connectivity index (χ4v) is 2.13. The molecule has 104 valence electrons. The van der Waals surface area contributed by atoms with Crippen molar-refractivity contribution in [2.24, 2.45) is 5.73 Å². The first-order valence-corrected chi connectivity index (χ1v) is 6.55. The van der Waals surface area contributed by atoms with Gasteiger partial charge in [-0.2, -0.15) is 0 Å². The highest BCUT2D eigenvalue weighted by molar-refractivity contribution is 5.82. The van der Waals surface area contributed by atoms with E-state index in [2.05, 4.69) is 10.2 Å². The molecule has 1 fully saturated rings. The van der Waals surface area contributed by atoms with Crippen LogP contribution in [0.25, 0.3) is 0 Å². The molecule has 1 saturated heterocycles. The van der Waals surface area contributed by atoms with E-state index in [4.69, 9.17) is 10.5 Å². The first-order valence-electron chi connectivity index (χ1n) is 6.55. The van der Waals surface area contributed by atoms with Gasteiger partial charge in [0.1, 0.15) is 6.04 Å². The van der Waals surface area contributed by atoms with Crippen LogP contribution in [0.1, 0.15) is 11.6 Å². The number of likely N-dealkylation sites (N-methyl/N-ethyl adjacent to an activating group) is 1. The number of nitrogens with one attached hydrogen (secondary N) is 1. The largest absolute Gasteiger partial charge is 0.374 e. The van der Waals surface area contributed by atoms with E-state index in [-0.39, 0.29) is 12.0 Å². The van der Waals surface area contributed by atoms with Gasteiger partial charge in [0.15, 0.2) is 0 Å². The Labute approximate surface area is 113 Å². The Kier molecular flexibility index (Phi) is 4.90. The molecule has 1 aliphatic heterocycles. The molecule has 1 aromatic carbocycles. The molecule has 1 heterocycles. The van der Waals surface area contributed by atoms with Crippen LogP contribution in [-0.4, -0.2) is 50.2 Å². The van der Waals surface area contributed by atoms with Crippen molar-refractivity contribution >= 4 is 5.91 Å². The van der Waals surface area contributed by atoms with Gasteiger partial charge in [-0.25, -0.2) is 0 Å². The fourth-order valence-electron chi connectivity index (χ4n) is 2.13. The zero-order valence-corrected chi connectivity index (χ0v) is 11.2. The number of nitrogens with zero attached hydrogens (tertiary/aromatic N) is 1. The van der Waals surface area contributed by atoms with Crippen LogP contribution in [0.3, 0.4) is 0 Å². The van der Waals surface area contributed by atoms with Gasteiger partial charge < -0.3 is 20.7 Å². The van der Waals surface area contributed by atoms with Crippen LogP contribution in [0.2, 0.25) is 0 Å². The van der Waals surface area contributed by atoms with Crippen LogP contribution in [0, 0.1) is 0 Å². The standard InChI is InChI=1S/C14H21N3O2/c1-17-7-8-19-12(10-17)9-16-14(18)13(15)11-5-3-2-4-6-11/h2-6,12-13H,7-10,15H2,1H3,(H,16,18)/t12?,13-/m1/s1. The van der Waals surface area contributed by atoms with Crippen LogP contribution in [0.15, 0.2) is 30.3 Å². The second kappa shape index (κ2) is 6.65. The quantitative estimate of drug-likeness (QED) is 0.810. The lowest BCUT2D eigenvalue weighted by Crippen LogP contribution is -2.47. The number of rotatable bonds is 4. The van der Waals surface area contributed by atoms with E-state index in [0.717, 1.165) is 18.7 Å². The molecule has 0 saturated carbocycles. The summed E-state index contributed by atoms with van der Waals surface area (Å²) >= 11 is 0. The average molecular weight is 263 g/mol. The SMILES string of the molecule is CN1CCOC(CNC(=O)[C@H](N)c2ccccc2)C1. The molecule has 19 heavy (non-hydrogen) atoms. The van der Waals surface area contributed by atoms with E-state index >= 15 is 0 Å². The predicted molar refractivity (Wildman–Crippen MR) is 73.6 cm³/mol. The highest BCUT2D eigenvalue weighted by atomic mass is 16.5. The third kappa shape index (κ3) is 4.02. The lowest BCUT2D eigenvalue weighted by atomic mass is 10.1. The van der Waals surface area contributed by atoms with Gasteiger partial charge in [-0.15, -0.1) is 0 Å². The van der Waals surface area contributed by atoms with Crippen molar-refractivity contribution in [3.8, 4) is 0 Å². The van der Waals surface area contributed by atoms with E-state index in [1.807, 2.05) is 37.4 Å². The van der Waals surface area contributed by atoms with Crippen LogP contribution in [0.5, 0.6) is 0 Å². The lowest BCUT2D eigenvalue weighted by molar-refractivity contribution is -0.123. The summed E-state index contributed by atoms with van der Waals surface area (Å²) in [4.78, 5) is 14.2. The van der Waals surface area contributed by atoms with Gasteiger partial charge in [0.2, 0.25) is 5.91 Å². The van der Waals surface area contributed by atoms with E-state index in [1.54, 1.807) is 0 Å². The number of carbonyl (C=O) groups is 1. The van der Waals surface area contributed by atoms with E-state index < -0.39 is 6.04 Å². The molecule has 5 heteroatoms. The predicted octanol–water partition coefficient (Wildman–Crippen LogP) is 0.133. The van der Waals surface area contributed by atoms with Gasteiger partial charge in [-0.05, 0) is 12.6 Å². The summed E-state index contributed by atoms with van der Waals surface area (Å²) in [5, 5.41) is 2.86. The summed E-state index contributed by atoms with van der Waals surface area (Å²) in [6.45, 7) is 2.99. The minimum absolute atomic E-state index is 0.0469. The average Bonchev–Trinajstić information content (AvgIpc) is 2.45. The molecule has 3 N–H and O–H groups in total. The molecule has 1 aliphatic rings. The Balaban J connectivity index is 1.81. The molecule has 0 radical (unpaired) electrons. The van der Waals surface area contributed by atoms with E-state index in [9.17, 15) is 4.79 Å². The van der Waals surface area contributed by atoms with Crippen molar-refractivity contribution < 1.29 is 9.53 Å². The molecule has 2 rings (SSSR count). The van der Waals surface area contributed by atoms with E-state index in [1.165, 1.54) is 0 Å². The van der Waals surface area contributed by atoms with Crippen molar-refractivity contribution in [1.29, 1.82) is 0 Å². The number of nitrogens with two attached hydrogens (primary N) is 1. The van der Waals surface area contributed by atoms with Crippen molar-refractivity contribution in [3.63, 3.8) is 0 Å². The molecule has 0 aliphatic carbocycles.